The van der Waals surface area contributed by atoms with Crippen LogP contribution in [-0.4, -0.2) is 21.7 Å². The van der Waals surface area contributed by atoms with Crippen molar-refractivity contribution in [3.63, 3.8) is 0 Å². The topological polar surface area (TPSA) is 39.4 Å². The van der Waals surface area contributed by atoms with E-state index in [0.29, 0.717) is 27.5 Å². The number of hydrogen-bond acceptors (Lipinski definition) is 3. The predicted molar refractivity (Wildman–Crippen MR) is 105 cm³/mol. The monoisotopic (exact) mass is 437 g/mol. The van der Waals surface area contributed by atoms with Gasteiger partial charge in [0.1, 0.15) is 5.75 Å². The van der Waals surface area contributed by atoms with E-state index in [1.54, 1.807) is 30.3 Å². The molecule has 2 heterocycles. The molecule has 0 radical (unpaired) electrons. The molecule has 2 aromatic carbocycles. The van der Waals surface area contributed by atoms with Gasteiger partial charge in [-0.25, -0.2) is 9.50 Å². The molecule has 4 rings (SSSR count). The fourth-order valence-electron chi connectivity index (χ4n) is 2.94. The van der Waals surface area contributed by atoms with Gasteiger partial charge in [0.2, 0.25) is 0 Å². The lowest BCUT2D eigenvalue weighted by atomic mass is 10.1. The highest BCUT2D eigenvalue weighted by Gasteiger charge is 2.35. The SMILES string of the molecule is COc1ccc(-c2cnn3c(C(F)(F)F)cc(-c4ccc(Cl)c(Cl)c4)nc23)cc1. The van der Waals surface area contributed by atoms with E-state index in [9.17, 15) is 13.2 Å². The van der Waals surface area contributed by atoms with Crippen molar-refractivity contribution in [1.82, 2.24) is 14.6 Å². The lowest BCUT2D eigenvalue weighted by Crippen LogP contribution is -2.13. The van der Waals surface area contributed by atoms with Gasteiger partial charge in [0.05, 0.1) is 29.0 Å². The summed E-state index contributed by atoms with van der Waals surface area (Å²) in [5, 5.41) is 4.45. The maximum Gasteiger partial charge on any atom is 0.433 e. The van der Waals surface area contributed by atoms with Crippen LogP contribution in [0.5, 0.6) is 5.75 Å². The van der Waals surface area contributed by atoms with Crippen LogP contribution >= 0.6 is 23.2 Å². The summed E-state index contributed by atoms with van der Waals surface area (Å²) in [6.45, 7) is 0. The van der Waals surface area contributed by atoms with Gasteiger partial charge in [0, 0.05) is 11.1 Å². The standard InChI is InChI=1S/C20H12Cl2F3N3O/c1-29-13-5-2-11(3-6-13)14-10-26-28-18(20(23,24)25)9-17(27-19(14)28)12-4-7-15(21)16(22)8-12/h2-10H,1H3. The van der Waals surface area contributed by atoms with Crippen molar-refractivity contribution in [2.45, 2.75) is 6.18 Å². The van der Waals surface area contributed by atoms with Gasteiger partial charge in [0.25, 0.3) is 0 Å². The molecule has 4 nitrogen and oxygen atoms in total. The van der Waals surface area contributed by atoms with Crippen LogP contribution in [0.25, 0.3) is 28.0 Å². The summed E-state index contributed by atoms with van der Waals surface area (Å²) in [5.74, 6) is 0.630. The number of benzene rings is 2. The van der Waals surface area contributed by atoms with Gasteiger partial charge in [-0.05, 0) is 35.9 Å². The first-order valence-electron chi connectivity index (χ1n) is 8.34. The highest BCUT2D eigenvalue weighted by Crippen LogP contribution is 2.36. The molecule has 148 valence electrons. The summed E-state index contributed by atoms with van der Waals surface area (Å²) in [6, 6.07) is 12.4. The van der Waals surface area contributed by atoms with E-state index in [-0.39, 0.29) is 16.4 Å². The van der Waals surface area contributed by atoms with Crippen LogP contribution < -0.4 is 4.74 Å². The Morgan fingerprint density at radius 1 is 0.931 bits per heavy atom. The largest absolute Gasteiger partial charge is 0.497 e. The lowest BCUT2D eigenvalue weighted by molar-refractivity contribution is -0.142. The van der Waals surface area contributed by atoms with Crippen LogP contribution in [0.3, 0.4) is 0 Å². The molecule has 9 heteroatoms. The Balaban J connectivity index is 1.97. The van der Waals surface area contributed by atoms with Gasteiger partial charge < -0.3 is 4.74 Å². The van der Waals surface area contributed by atoms with Crippen LogP contribution in [0.2, 0.25) is 10.0 Å². The molecule has 0 saturated carbocycles. The van der Waals surface area contributed by atoms with Gasteiger partial charge in [-0.3, -0.25) is 0 Å². The molecule has 0 aliphatic rings. The molecule has 0 spiro atoms. The summed E-state index contributed by atoms with van der Waals surface area (Å²) in [4.78, 5) is 4.44. The molecule has 0 amide bonds. The van der Waals surface area contributed by atoms with Crippen molar-refractivity contribution in [2.75, 3.05) is 7.11 Å². The van der Waals surface area contributed by atoms with Crippen LogP contribution in [0.1, 0.15) is 5.69 Å². The molecule has 0 fully saturated rings. The molecule has 0 aliphatic heterocycles. The van der Waals surface area contributed by atoms with Crippen molar-refractivity contribution in [3.8, 4) is 28.1 Å². The Hall–Kier alpha value is -2.77. The molecule has 29 heavy (non-hydrogen) atoms. The summed E-state index contributed by atoms with van der Waals surface area (Å²) >= 11 is 12.0. The lowest BCUT2D eigenvalue weighted by Gasteiger charge is -2.12. The first kappa shape index (κ1) is 19.5. The molecule has 0 N–H and O–H groups in total. The van der Waals surface area contributed by atoms with E-state index in [1.807, 2.05) is 0 Å². The first-order chi connectivity index (χ1) is 13.8. The maximum atomic E-state index is 13.7. The normalized spacial score (nSPS) is 11.8. The van der Waals surface area contributed by atoms with Crippen molar-refractivity contribution >= 4 is 28.8 Å². The molecule has 0 unspecified atom stereocenters. The number of halogens is 5. The van der Waals surface area contributed by atoms with Crippen LogP contribution in [-0.2, 0) is 6.18 Å². The van der Waals surface area contributed by atoms with E-state index < -0.39 is 11.9 Å². The van der Waals surface area contributed by atoms with Gasteiger partial charge in [0.15, 0.2) is 11.3 Å². The Morgan fingerprint density at radius 2 is 1.62 bits per heavy atom. The molecule has 0 saturated heterocycles. The maximum absolute atomic E-state index is 13.7. The molecule has 4 aromatic rings. The zero-order chi connectivity index (χ0) is 20.8. The number of methoxy groups -OCH3 is 1. The zero-order valence-electron chi connectivity index (χ0n) is 14.8. The Bertz CT molecular complexity index is 1200. The molecule has 2 aromatic heterocycles. The summed E-state index contributed by atoms with van der Waals surface area (Å²) < 4.78 is 47.1. The third-order valence-corrected chi connectivity index (χ3v) is 5.12. The van der Waals surface area contributed by atoms with E-state index in [2.05, 4.69) is 10.1 Å². The van der Waals surface area contributed by atoms with E-state index in [0.717, 1.165) is 10.6 Å². The van der Waals surface area contributed by atoms with E-state index >= 15 is 0 Å². The van der Waals surface area contributed by atoms with Crippen molar-refractivity contribution in [1.29, 1.82) is 0 Å². The number of hydrogen-bond donors (Lipinski definition) is 0. The van der Waals surface area contributed by atoms with Crippen molar-refractivity contribution < 1.29 is 17.9 Å². The Labute approximate surface area is 173 Å². The van der Waals surface area contributed by atoms with Crippen molar-refractivity contribution in [3.05, 3.63) is 70.5 Å². The average molecular weight is 438 g/mol. The third kappa shape index (κ3) is 3.63. The van der Waals surface area contributed by atoms with Crippen LogP contribution in [0.15, 0.2) is 54.7 Å². The first-order valence-corrected chi connectivity index (χ1v) is 9.09. The third-order valence-electron chi connectivity index (χ3n) is 4.38. The molecule has 0 atom stereocenters. The summed E-state index contributed by atoms with van der Waals surface area (Å²) in [7, 11) is 1.53. The molecule has 0 aliphatic carbocycles. The molecule has 0 bridgehead atoms. The number of aromatic nitrogens is 3. The molecular formula is C20H12Cl2F3N3O. The van der Waals surface area contributed by atoms with Gasteiger partial charge in [-0.1, -0.05) is 41.4 Å². The second kappa shape index (κ2) is 7.24. The van der Waals surface area contributed by atoms with Gasteiger partial charge >= 0.3 is 6.18 Å². The van der Waals surface area contributed by atoms with E-state index in [4.69, 9.17) is 27.9 Å². The number of fused-ring (bicyclic) bond motifs is 1. The second-order valence-electron chi connectivity index (χ2n) is 6.18. The zero-order valence-corrected chi connectivity index (χ0v) is 16.3. The van der Waals surface area contributed by atoms with Gasteiger partial charge in [-0.2, -0.15) is 18.3 Å². The van der Waals surface area contributed by atoms with Crippen LogP contribution in [0, 0.1) is 0 Å². The van der Waals surface area contributed by atoms with Crippen molar-refractivity contribution in [2.24, 2.45) is 0 Å². The Kier molecular flexibility index (Phi) is 4.88. The quantitative estimate of drug-likeness (QED) is 0.372. The minimum atomic E-state index is -4.63. The molecular weight excluding hydrogens is 426 g/mol. The number of nitrogens with zero attached hydrogens (tertiary/aromatic N) is 3. The highest BCUT2D eigenvalue weighted by molar-refractivity contribution is 6.42. The fourth-order valence-corrected chi connectivity index (χ4v) is 3.24. The van der Waals surface area contributed by atoms with E-state index in [1.165, 1.54) is 25.4 Å². The second-order valence-corrected chi connectivity index (χ2v) is 6.99. The van der Waals surface area contributed by atoms with Gasteiger partial charge in [-0.15, -0.1) is 0 Å². The minimum Gasteiger partial charge on any atom is -0.497 e. The van der Waals surface area contributed by atoms with Crippen LogP contribution in [0.4, 0.5) is 13.2 Å². The minimum absolute atomic E-state index is 0.0751. The Morgan fingerprint density at radius 3 is 2.24 bits per heavy atom. The average Bonchev–Trinajstić information content (AvgIpc) is 3.12. The fraction of sp³-hybridized carbons (Fsp3) is 0.100. The number of ether oxygens (including phenoxy) is 1. The summed E-state index contributed by atoms with van der Waals surface area (Å²) in [6.07, 6.45) is -3.27. The smallest absolute Gasteiger partial charge is 0.433 e. The summed E-state index contributed by atoms with van der Waals surface area (Å²) in [5.41, 5.74) is 0.773. The predicted octanol–water partition coefficient (Wildman–Crippen LogP) is 6.40. The number of alkyl halides is 3. The number of rotatable bonds is 3. The highest BCUT2D eigenvalue weighted by atomic mass is 35.5.